The zero-order valence-corrected chi connectivity index (χ0v) is 14.9. The van der Waals surface area contributed by atoms with Crippen molar-refractivity contribution in [2.45, 2.75) is 6.92 Å². The molecule has 0 aliphatic rings. The monoisotopic (exact) mass is 394 g/mol. The number of hydrogen-bond donors (Lipinski definition) is 3. The molecule has 23 heavy (non-hydrogen) atoms. The largest absolute Gasteiger partial charge is 0.506 e. The molecule has 2 rings (SSSR count). The number of methoxy groups -OCH3 is 1. The van der Waals surface area contributed by atoms with Crippen LogP contribution in [0.5, 0.6) is 11.5 Å². The molecule has 0 aromatic heterocycles. The number of rotatable bonds is 3. The molecule has 0 aliphatic heterocycles. The van der Waals surface area contributed by atoms with E-state index in [-0.39, 0.29) is 16.8 Å². The van der Waals surface area contributed by atoms with Gasteiger partial charge in [-0.3, -0.25) is 10.1 Å². The van der Waals surface area contributed by atoms with E-state index in [0.29, 0.717) is 27.0 Å². The molecule has 0 saturated carbocycles. The van der Waals surface area contributed by atoms with E-state index < -0.39 is 0 Å². The van der Waals surface area contributed by atoms with Crippen LogP contribution in [0.25, 0.3) is 0 Å². The van der Waals surface area contributed by atoms with Gasteiger partial charge in [-0.15, -0.1) is 0 Å². The Morgan fingerprint density at radius 1 is 1.30 bits per heavy atom. The summed E-state index contributed by atoms with van der Waals surface area (Å²) in [5.41, 5.74) is 1.72. The number of aromatic hydroxyl groups is 1. The lowest BCUT2D eigenvalue weighted by molar-refractivity contribution is 0.0975. The summed E-state index contributed by atoms with van der Waals surface area (Å²) in [6.45, 7) is 1.77. The van der Waals surface area contributed by atoms with Gasteiger partial charge in [0.1, 0.15) is 11.5 Å². The van der Waals surface area contributed by atoms with Gasteiger partial charge in [0.05, 0.1) is 17.1 Å². The minimum Gasteiger partial charge on any atom is -0.506 e. The Bertz CT molecular complexity index is 742. The molecule has 0 aliphatic carbocycles. The SMILES string of the molecule is COc1ccccc1C(=O)NC(=S)Nc1cc(C)c(O)c(Br)c1. The number of aryl methyl sites for hydroxylation is 1. The molecule has 0 fully saturated rings. The third-order valence-electron chi connectivity index (χ3n) is 3.09. The molecule has 0 bridgehead atoms. The molecule has 2 aromatic carbocycles. The molecule has 0 unspecified atom stereocenters. The number of thiocarbonyl (C=S) groups is 1. The van der Waals surface area contributed by atoms with E-state index in [1.807, 2.05) is 0 Å². The Morgan fingerprint density at radius 3 is 2.65 bits per heavy atom. The Labute approximate surface area is 147 Å². The predicted octanol–water partition coefficient (Wildman–Crippen LogP) is 3.60. The van der Waals surface area contributed by atoms with Crippen molar-refractivity contribution in [2.24, 2.45) is 0 Å². The molecule has 5 nitrogen and oxygen atoms in total. The number of phenols is 1. The van der Waals surface area contributed by atoms with Crippen molar-refractivity contribution in [1.82, 2.24) is 5.32 Å². The predicted molar refractivity (Wildman–Crippen MR) is 97.2 cm³/mol. The topological polar surface area (TPSA) is 70.6 Å². The van der Waals surface area contributed by atoms with Gasteiger partial charge in [-0.05, 0) is 64.9 Å². The molecule has 1 amide bonds. The van der Waals surface area contributed by atoms with E-state index in [1.54, 1.807) is 43.3 Å². The second-order valence-corrected chi connectivity index (χ2v) is 5.99. The molecule has 3 N–H and O–H groups in total. The normalized spacial score (nSPS) is 10.0. The number of nitrogens with one attached hydrogen (secondary N) is 2. The van der Waals surface area contributed by atoms with E-state index in [2.05, 4.69) is 26.6 Å². The van der Waals surface area contributed by atoms with Crippen LogP contribution in [0.15, 0.2) is 40.9 Å². The summed E-state index contributed by atoms with van der Waals surface area (Å²) in [4.78, 5) is 12.2. The third kappa shape index (κ3) is 4.20. The molecule has 7 heteroatoms. The first-order valence-electron chi connectivity index (χ1n) is 6.67. The summed E-state index contributed by atoms with van der Waals surface area (Å²) in [5, 5.41) is 15.4. The third-order valence-corrected chi connectivity index (χ3v) is 3.90. The maximum absolute atomic E-state index is 12.2. The number of anilines is 1. The fourth-order valence-electron chi connectivity index (χ4n) is 1.97. The molecule has 0 spiro atoms. The lowest BCUT2D eigenvalue weighted by atomic mass is 10.2. The highest BCUT2D eigenvalue weighted by molar-refractivity contribution is 9.10. The second kappa shape index (κ2) is 7.43. The van der Waals surface area contributed by atoms with Gasteiger partial charge < -0.3 is 15.2 Å². The van der Waals surface area contributed by atoms with Crippen LogP contribution in [0, 0.1) is 6.92 Å². The molecule has 0 heterocycles. The van der Waals surface area contributed by atoms with E-state index in [0.717, 1.165) is 0 Å². The molecular formula is C16H15BrN2O3S. The molecule has 0 radical (unpaired) electrons. The summed E-state index contributed by atoms with van der Waals surface area (Å²) >= 11 is 8.41. The van der Waals surface area contributed by atoms with Crippen LogP contribution >= 0.6 is 28.1 Å². The number of para-hydroxylation sites is 1. The standard InChI is InChI=1S/C16H15BrN2O3S/c1-9-7-10(8-12(17)14(9)20)18-16(23)19-15(21)11-5-3-4-6-13(11)22-2/h3-8,20H,1-2H3,(H2,18,19,21,23). The fourth-order valence-corrected chi connectivity index (χ4v) is 2.74. The molecular weight excluding hydrogens is 380 g/mol. The van der Waals surface area contributed by atoms with Crippen LogP contribution in [-0.2, 0) is 0 Å². The Kier molecular flexibility index (Phi) is 5.57. The molecule has 2 aromatic rings. The molecule has 0 saturated heterocycles. The number of halogens is 1. The minimum atomic E-state index is -0.366. The highest BCUT2D eigenvalue weighted by atomic mass is 79.9. The summed E-state index contributed by atoms with van der Waals surface area (Å²) in [6.07, 6.45) is 0. The van der Waals surface area contributed by atoms with Crippen molar-refractivity contribution in [3.8, 4) is 11.5 Å². The lowest BCUT2D eigenvalue weighted by Gasteiger charge is -2.13. The van der Waals surface area contributed by atoms with Crippen molar-refractivity contribution in [3.63, 3.8) is 0 Å². The summed E-state index contributed by atoms with van der Waals surface area (Å²) in [6, 6.07) is 10.3. The zero-order chi connectivity index (χ0) is 17.0. The van der Waals surface area contributed by atoms with Gasteiger partial charge in [0.15, 0.2) is 5.11 Å². The summed E-state index contributed by atoms with van der Waals surface area (Å²) in [5.74, 6) is 0.269. The number of phenolic OH excluding ortho intramolecular Hbond substituents is 1. The lowest BCUT2D eigenvalue weighted by Crippen LogP contribution is -2.34. The molecule has 120 valence electrons. The van der Waals surface area contributed by atoms with Gasteiger partial charge in [0.2, 0.25) is 0 Å². The molecule has 0 atom stereocenters. The number of ether oxygens (including phenoxy) is 1. The maximum atomic E-state index is 12.2. The van der Waals surface area contributed by atoms with Crippen LogP contribution in [0.1, 0.15) is 15.9 Å². The zero-order valence-electron chi connectivity index (χ0n) is 12.5. The van der Waals surface area contributed by atoms with Crippen LogP contribution in [-0.4, -0.2) is 23.2 Å². The van der Waals surface area contributed by atoms with Gasteiger partial charge in [-0.1, -0.05) is 12.1 Å². The van der Waals surface area contributed by atoms with Gasteiger partial charge in [-0.25, -0.2) is 0 Å². The van der Waals surface area contributed by atoms with Crippen LogP contribution in [0.4, 0.5) is 5.69 Å². The first-order valence-corrected chi connectivity index (χ1v) is 7.87. The highest BCUT2D eigenvalue weighted by Gasteiger charge is 2.13. The first kappa shape index (κ1) is 17.2. The number of carbonyl (C=O) groups excluding carboxylic acids is 1. The van der Waals surface area contributed by atoms with Crippen LogP contribution in [0.2, 0.25) is 0 Å². The maximum Gasteiger partial charge on any atom is 0.261 e. The van der Waals surface area contributed by atoms with Crippen molar-refractivity contribution in [1.29, 1.82) is 0 Å². The van der Waals surface area contributed by atoms with E-state index in [4.69, 9.17) is 17.0 Å². The number of benzene rings is 2. The average Bonchev–Trinajstić information content (AvgIpc) is 2.52. The van der Waals surface area contributed by atoms with Gasteiger partial charge in [0.25, 0.3) is 5.91 Å². The second-order valence-electron chi connectivity index (χ2n) is 4.73. The van der Waals surface area contributed by atoms with Crippen molar-refractivity contribution >= 4 is 44.9 Å². The summed E-state index contributed by atoms with van der Waals surface area (Å²) < 4.78 is 5.69. The Morgan fingerprint density at radius 2 is 2.00 bits per heavy atom. The van der Waals surface area contributed by atoms with Gasteiger partial charge in [-0.2, -0.15) is 0 Å². The van der Waals surface area contributed by atoms with E-state index in [9.17, 15) is 9.90 Å². The number of amides is 1. The van der Waals surface area contributed by atoms with Crippen molar-refractivity contribution in [2.75, 3.05) is 12.4 Å². The van der Waals surface area contributed by atoms with E-state index >= 15 is 0 Å². The Balaban J connectivity index is 2.09. The minimum absolute atomic E-state index is 0.151. The van der Waals surface area contributed by atoms with Gasteiger partial charge >= 0.3 is 0 Å². The average molecular weight is 395 g/mol. The highest BCUT2D eigenvalue weighted by Crippen LogP contribution is 2.30. The smallest absolute Gasteiger partial charge is 0.261 e. The van der Waals surface area contributed by atoms with E-state index in [1.165, 1.54) is 7.11 Å². The van der Waals surface area contributed by atoms with Crippen LogP contribution in [0.3, 0.4) is 0 Å². The number of carbonyl (C=O) groups is 1. The first-order chi connectivity index (χ1) is 10.9. The van der Waals surface area contributed by atoms with Crippen molar-refractivity contribution < 1.29 is 14.6 Å². The van der Waals surface area contributed by atoms with Gasteiger partial charge in [0, 0.05) is 5.69 Å². The summed E-state index contributed by atoms with van der Waals surface area (Å²) in [7, 11) is 1.50. The fraction of sp³-hybridized carbons (Fsp3) is 0.125. The van der Waals surface area contributed by atoms with Crippen molar-refractivity contribution in [3.05, 3.63) is 52.0 Å². The van der Waals surface area contributed by atoms with Crippen LogP contribution < -0.4 is 15.4 Å². The quantitative estimate of drug-likeness (QED) is 0.547. The Hall–Kier alpha value is -2.12. The number of hydrogen-bond acceptors (Lipinski definition) is 4.